The van der Waals surface area contributed by atoms with E-state index in [0.717, 1.165) is 37.2 Å². The highest BCUT2D eigenvalue weighted by atomic mass is 28.4. The first-order valence-corrected chi connectivity index (χ1v) is 17.4. The van der Waals surface area contributed by atoms with E-state index in [1.54, 1.807) is 5.56 Å². The molecule has 5 heteroatoms. The fraction of sp³-hybridized carbons (Fsp3) is 0.594. The van der Waals surface area contributed by atoms with E-state index in [0.29, 0.717) is 29.3 Å². The molecule has 2 aromatic rings. The number of hydrogen-bond donors (Lipinski definition) is 1. The van der Waals surface area contributed by atoms with Crippen molar-refractivity contribution in [1.82, 2.24) is 10.2 Å². The normalized spacial score (nSPS) is 35.6. The van der Waals surface area contributed by atoms with E-state index in [1.165, 1.54) is 24.8 Å². The standard InChI is InChI=1S/C32H42N2O2Si/c1-30(2,3)37(4,5)36-24-12-11-22-17-27-31-14-13-26-28(32(31,15-16-33-27)25(22)18-24)23(19-31)20-34(26)29(35)21-9-7-6-8-10-21/h6-12,18,23,26-28,33H,13-17,19-20H2,1-5H3/t23-,26-,27-,28-,31-,32+/m1/s1. The molecule has 0 unspecified atom stereocenters. The lowest BCUT2D eigenvalue weighted by Gasteiger charge is -2.64. The quantitative estimate of drug-likeness (QED) is 0.498. The number of likely N-dealkylation sites (tertiary alicyclic amines) is 1. The van der Waals surface area contributed by atoms with Crippen molar-refractivity contribution >= 4 is 14.2 Å². The molecule has 2 aromatic carbocycles. The van der Waals surface area contributed by atoms with E-state index in [1.807, 2.05) is 30.3 Å². The minimum atomic E-state index is -1.93. The third-order valence-corrected chi connectivity index (χ3v) is 16.1. The van der Waals surface area contributed by atoms with Gasteiger partial charge in [0.05, 0.1) is 0 Å². The molecule has 37 heavy (non-hydrogen) atoms. The Kier molecular flexibility index (Phi) is 5.00. The van der Waals surface area contributed by atoms with Crippen LogP contribution in [0.2, 0.25) is 18.1 Å². The van der Waals surface area contributed by atoms with Gasteiger partial charge in [0.25, 0.3) is 5.91 Å². The molecule has 6 atom stereocenters. The molecule has 0 radical (unpaired) electrons. The Morgan fingerprint density at radius 2 is 1.89 bits per heavy atom. The van der Waals surface area contributed by atoms with Crippen LogP contribution in [0.25, 0.3) is 0 Å². The van der Waals surface area contributed by atoms with Crippen LogP contribution in [0.15, 0.2) is 48.5 Å². The van der Waals surface area contributed by atoms with Crippen molar-refractivity contribution in [2.45, 2.75) is 88.5 Å². The molecule has 196 valence electrons. The van der Waals surface area contributed by atoms with Crippen molar-refractivity contribution in [3.8, 4) is 5.75 Å². The van der Waals surface area contributed by atoms with Crippen molar-refractivity contribution in [1.29, 1.82) is 0 Å². The summed E-state index contributed by atoms with van der Waals surface area (Å²) in [5, 5.41) is 4.16. The fourth-order valence-electron chi connectivity index (χ4n) is 9.37. The summed E-state index contributed by atoms with van der Waals surface area (Å²) >= 11 is 0. The van der Waals surface area contributed by atoms with Crippen LogP contribution >= 0.6 is 0 Å². The largest absolute Gasteiger partial charge is 0.543 e. The van der Waals surface area contributed by atoms with Crippen molar-refractivity contribution in [3.63, 3.8) is 0 Å². The summed E-state index contributed by atoms with van der Waals surface area (Å²) in [5.41, 5.74) is 4.41. The lowest BCUT2D eigenvalue weighted by Crippen LogP contribution is -2.69. The molecular formula is C32H42N2O2Si. The molecule has 0 spiro atoms. The molecule has 2 saturated heterocycles. The summed E-state index contributed by atoms with van der Waals surface area (Å²) in [5.74, 6) is 2.46. The Labute approximate surface area is 223 Å². The van der Waals surface area contributed by atoms with Crippen LogP contribution in [0.1, 0.15) is 67.9 Å². The number of benzene rings is 2. The summed E-state index contributed by atoms with van der Waals surface area (Å²) in [4.78, 5) is 16.0. The first-order chi connectivity index (χ1) is 17.6. The minimum Gasteiger partial charge on any atom is -0.543 e. The van der Waals surface area contributed by atoms with E-state index in [-0.39, 0.29) is 16.4 Å². The summed E-state index contributed by atoms with van der Waals surface area (Å²) in [7, 11) is -1.93. The Morgan fingerprint density at radius 3 is 2.65 bits per heavy atom. The average Bonchev–Trinajstić information content (AvgIpc) is 3.30. The Balaban J connectivity index is 1.32. The zero-order valence-electron chi connectivity index (χ0n) is 23.1. The Morgan fingerprint density at radius 1 is 1.11 bits per heavy atom. The number of fused-ring (bicyclic) bond motifs is 1. The molecule has 4 bridgehead atoms. The van der Waals surface area contributed by atoms with E-state index >= 15 is 0 Å². The van der Waals surface area contributed by atoms with Gasteiger partial charge in [0.15, 0.2) is 0 Å². The Hall–Kier alpha value is -2.11. The number of nitrogens with zero attached hydrogens (tertiary/aromatic N) is 1. The van der Waals surface area contributed by atoms with Crippen LogP contribution in [-0.4, -0.2) is 44.3 Å². The van der Waals surface area contributed by atoms with Gasteiger partial charge in [-0.3, -0.25) is 4.79 Å². The van der Waals surface area contributed by atoms with Gasteiger partial charge in [0, 0.05) is 29.6 Å². The Bertz CT molecular complexity index is 1250. The van der Waals surface area contributed by atoms with Gasteiger partial charge in [0.2, 0.25) is 8.32 Å². The molecule has 0 aromatic heterocycles. The smallest absolute Gasteiger partial charge is 0.254 e. The number of piperidine rings is 1. The fourth-order valence-corrected chi connectivity index (χ4v) is 10.4. The first kappa shape index (κ1) is 24.0. The topological polar surface area (TPSA) is 41.6 Å². The minimum absolute atomic E-state index is 0.155. The summed E-state index contributed by atoms with van der Waals surface area (Å²) in [6.07, 6.45) is 5.96. The molecule has 2 saturated carbocycles. The highest BCUT2D eigenvalue weighted by Crippen LogP contribution is 2.74. The van der Waals surface area contributed by atoms with Gasteiger partial charge in [-0.05, 0) is 109 Å². The predicted octanol–water partition coefficient (Wildman–Crippen LogP) is 6.17. The molecule has 1 amide bonds. The predicted molar refractivity (Wildman–Crippen MR) is 151 cm³/mol. The number of amides is 1. The van der Waals surface area contributed by atoms with Gasteiger partial charge in [0.1, 0.15) is 5.75 Å². The van der Waals surface area contributed by atoms with Gasteiger partial charge >= 0.3 is 0 Å². The zero-order chi connectivity index (χ0) is 25.8. The molecule has 4 fully saturated rings. The van der Waals surface area contributed by atoms with E-state index in [2.05, 4.69) is 62.3 Å². The lowest BCUT2D eigenvalue weighted by molar-refractivity contribution is -0.0447. The van der Waals surface area contributed by atoms with Gasteiger partial charge in [-0.25, -0.2) is 0 Å². The number of carbonyl (C=O) groups excluding carboxylic acids is 1. The molecule has 5 aliphatic rings. The van der Waals surface area contributed by atoms with E-state index in [4.69, 9.17) is 4.43 Å². The van der Waals surface area contributed by atoms with Crippen LogP contribution < -0.4 is 9.74 Å². The van der Waals surface area contributed by atoms with Crippen LogP contribution in [0, 0.1) is 17.3 Å². The lowest BCUT2D eigenvalue weighted by atomic mass is 9.44. The van der Waals surface area contributed by atoms with Crippen LogP contribution in [0.5, 0.6) is 5.75 Å². The van der Waals surface area contributed by atoms with Crippen molar-refractivity contribution in [3.05, 3.63) is 65.2 Å². The number of hydrogen-bond acceptors (Lipinski definition) is 3. The summed E-state index contributed by atoms with van der Waals surface area (Å²) < 4.78 is 6.88. The average molecular weight is 515 g/mol. The van der Waals surface area contributed by atoms with Crippen LogP contribution in [-0.2, 0) is 11.8 Å². The van der Waals surface area contributed by atoms with E-state index in [9.17, 15) is 4.79 Å². The van der Waals surface area contributed by atoms with Gasteiger partial charge in [-0.2, -0.15) is 0 Å². The molecule has 3 aliphatic carbocycles. The first-order valence-electron chi connectivity index (χ1n) is 14.5. The van der Waals surface area contributed by atoms with Gasteiger partial charge in [-0.1, -0.05) is 45.0 Å². The number of carbonyl (C=O) groups is 1. The van der Waals surface area contributed by atoms with Crippen LogP contribution in [0.4, 0.5) is 0 Å². The molecule has 2 aliphatic heterocycles. The molecule has 7 rings (SSSR count). The van der Waals surface area contributed by atoms with Crippen molar-refractivity contribution in [2.75, 3.05) is 13.1 Å². The highest BCUT2D eigenvalue weighted by Gasteiger charge is 2.75. The summed E-state index contributed by atoms with van der Waals surface area (Å²) in [6, 6.07) is 18.0. The highest BCUT2D eigenvalue weighted by molar-refractivity contribution is 6.74. The third-order valence-electron chi connectivity index (χ3n) is 11.7. The zero-order valence-corrected chi connectivity index (χ0v) is 24.1. The molecule has 1 N–H and O–H groups in total. The van der Waals surface area contributed by atoms with Gasteiger partial charge in [-0.15, -0.1) is 0 Å². The second kappa shape index (κ2) is 7.72. The van der Waals surface area contributed by atoms with E-state index < -0.39 is 8.32 Å². The number of nitrogens with one attached hydrogen (secondary N) is 1. The second-order valence-corrected chi connectivity index (χ2v) is 18.9. The maximum absolute atomic E-state index is 13.7. The SMILES string of the molecule is CC(C)(C)[Si](C)(C)Oc1ccc2c(c1)[C@]13CCN[C@H](C2)[C@]12CC[C@@H]1[C@H]3[C@@H](CN1C(=O)c1ccccc1)C2. The summed E-state index contributed by atoms with van der Waals surface area (Å²) in [6.45, 7) is 13.7. The van der Waals surface area contributed by atoms with Crippen molar-refractivity contribution in [2.24, 2.45) is 17.3 Å². The molecular weight excluding hydrogens is 472 g/mol. The van der Waals surface area contributed by atoms with Crippen LogP contribution in [0.3, 0.4) is 0 Å². The molecule has 2 heterocycles. The monoisotopic (exact) mass is 514 g/mol. The van der Waals surface area contributed by atoms with Gasteiger partial charge < -0.3 is 14.6 Å². The maximum Gasteiger partial charge on any atom is 0.254 e. The van der Waals surface area contributed by atoms with Crippen molar-refractivity contribution < 1.29 is 9.22 Å². The maximum atomic E-state index is 13.7. The second-order valence-electron chi connectivity index (χ2n) is 14.2. The molecule has 4 nitrogen and oxygen atoms in total. The third kappa shape index (κ3) is 3.07. The number of rotatable bonds is 3.